The van der Waals surface area contributed by atoms with Crippen LogP contribution in [-0.2, 0) is 14.3 Å². The van der Waals surface area contributed by atoms with Crippen LogP contribution in [0.15, 0.2) is 0 Å². The molecule has 0 aliphatic carbocycles. The van der Waals surface area contributed by atoms with E-state index < -0.39 is 17.2 Å². The Morgan fingerprint density at radius 1 is 1.12 bits per heavy atom. The van der Waals surface area contributed by atoms with Gasteiger partial charge in [0.05, 0.1) is 5.54 Å². The maximum Gasteiger partial charge on any atom is 0.408 e. The van der Waals surface area contributed by atoms with Gasteiger partial charge in [0.25, 0.3) is 0 Å². The fraction of sp³-hybridized carbons (Fsp3) is 0.833. The number of hydrogen-bond acceptors (Lipinski definition) is 4. The number of piperidine rings is 1. The van der Waals surface area contributed by atoms with Gasteiger partial charge < -0.3 is 19.9 Å². The van der Waals surface area contributed by atoms with E-state index in [4.69, 9.17) is 4.74 Å². The van der Waals surface area contributed by atoms with Gasteiger partial charge in [-0.05, 0) is 47.5 Å². The number of rotatable bonds is 4. The van der Waals surface area contributed by atoms with Gasteiger partial charge in [-0.25, -0.2) is 4.79 Å². The second-order valence-electron chi connectivity index (χ2n) is 8.49. The average Bonchev–Trinajstić information content (AvgIpc) is 2.43. The predicted molar refractivity (Wildman–Crippen MR) is 96.1 cm³/mol. The third kappa shape index (κ3) is 7.32. The van der Waals surface area contributed by atoms with Gasteiger partial charge >= 0.3 is 6.09 Å². The van der Waals surface area contributed by atoms with Crippen LogP contribution in [0.1, 0.15) is 54.4 Å². The molecule has 3 amide bonds. The summed E-state index contributed by atoms with van der Waals surface area (Å²) in [5, 5.41) is 2.82. The van der Waals surface area contributed by atoms with Gasteiger partial charge in [-0.1, -0.05) is 0 Å². The first kappa shape index (κ1) is 21.3. The number of carbonyl (C=O) groups is 3. The summed E-state index contributed by atoms with van der Waals surface area (Å²) in [5.41, 5.74) is -1.17. The second kappa shape index (κ2) is 8.06. The Labute approximate surface area is 151 Å². The molecule has 0 spiro atoms. The lowest BCUT2D eigenvalue weighted by Gasteiger charge is -2.36. The normalized spacial score (nSPS) is 16.4. The third-order valence-electron chi connectivity index (χ3n) is 4.14. The molecule has 1 N–H and O–H groups in total. The number of ether oxygens (including phenoxy) is 1. The number of carbonyl (C=O) groups excluding carboxylic acids is 3. The Balaban J connectivity index is 2.53. The van der Waals surface area contributed by atoms with Crippen LogP contribution in [0.25, 0.3) is 0 Å². The Kier molecular flexibility index (Phi) is 6.85. The van der Waals surface area contributed by atoms with Crippen molar-refractivity contribution in [3.8, 4) is 0 Å². The molecule has 1 aliphatic heterocycles. The lowest BCUT2D eigenvalue weighted by molar-refractivity contribution is -0.139. The molecule has 0 aromatic carbocycles. The van der Waals surface area contributed by atoms with Crippen molar-refractivity contribution >= 4 is 17.9 Å². The lowest BCUT2D eigenvalue weighted by Crippen LogP contribution is -2.54. The summed E-state index contributed by atoms with van der Waals surface area (Å²) >= 11 is 0. The molecule has 0 aromatic rings. The fourth-order valence-corrected chi connectivity index (χ4v) is 3.04. The standard InChI is InChI=1S/C18H33N3O4/c1-13(22)21-10-8-14(9-11-21)15(23)20(7)12-18(5,6)19-16(24)25-17(2,3)4/h14H,8-12H2,1-7H3,(H,19,24). The number of hydrogen-bond donors (Lipinski definition) is 1. The largest absolute Gasteiger partial charge is 0.444 e. The number of likely N-dealkylation sites (N-methyl/N-ethyl adjacent to an activating group) is 1. The minimum atomic E-state index is -0.604. The number of nitrogens with zero attached hydrogens (tertiary/aromatic N) is 2. The lowest BCUT2D eigenvalue weighted by atomic mass is 9.94. The molecule has 144 valence electrons. The summed E-state index contributed by atoms with van der Waals surface area (Å²) in [4.78, 5) is 39.4. The monoisotopic (exact) mass is 355 g/mol. The van der Waals surface area contributed by atoms with Crippen molar-refractivity contribution < 1.29 is 19.1 Å². The quantitative estimate of drug-likeness (QED) is 0.837. The van der Waals surface area contributed by atoms with E-state index in [1.807, 2.05) is 34.6 Å². The van der Waals surface area contributed by atoms with Crippen molar-refractivity contribution in [2.75, 3.05) is 26.7 Å². The summed E-state index contributed by atoms with van der Waals surface area (Å²) in [6.45, 7) is 12.3. The summed E-state index contributed by atoms with van der Waals surface area (Å²) in [6, 6.07) is 0. The van der Waals surface area contributed by atoms with Gasteiger partial charge in [0.1, 0.15) is 5.60 Å². The highest BCUT2D eigenvalue weighted by atomic mass is 16.6. The van der Waals surface area contributed by atoms with Crippen LogP contribution in [0.4, 0.5) is 4.79 Å². The molecule has 1 heterocycles. The summed E-state index contributed by atoms with van der Waals surface area (Å²) in [7, 11) is 1.75. The van der Waals surface area contributed by atoms with Gasteiger partial charge in [0.15, 0.2) is 0 Å². The SMILES string of the molecule is CC(=O)N1CCC(C(=O)N(C)CC(C)(C)NC(=O)OC(C)(C)C)CC1. The van der Waals surface area contributed by atoms with Crippen LogP contribution in [0.2, 0.25) is 0 Å². The minimum Gasteiger partial charge on any atom is -0.444 e. The van der Waals surface area contributed by atoms with E-state index in [1.54, 1.807) is 23.8 Å². The van der Waals surface area contributed by atoms with Crippen LogP contribution in [-0.4, -0.2) is 65.5 Å². The molecule has 7 heteroatoms. The van der Waals surface area contributed by atoms with E-state index in [9.17, 15) is 14.4 Å². The minimum absolute atomic E-state index is 0.0574. The molecule has 1 rings (SSSR count). The van der Waals surface area contributed by atoms with Crippen molar-refractivity contribution in [2.45, 2.75) is 65.5 Å². The number of amides is 3. The van der Waals surface area contributed by atoms with Crippen molar-refractivity contribution in [3.05, 3.63) is 0 Å². The molecular weight excluding hydrogens is 322 g/mol. The topological polar surface area (TPSA) is 79.0 Å². The molecule has 0 unspecified atom stereocenters. The zero-order valence-corrected chi connectivity index (χ0v) is 16.6. The van der Waals surface area contributed by atoms with E-state index in [1.165, 1.54) is 0 Å². The van der Waals surface area contributed by atoms with Crippen molar-refractivity contribution in [2.24, 2.45) is 5.92 Å². The Morgan fingerprint density at radius 3 is 2.08 bits per heavy atom. The maximum absolute atomic E-state index is 12.6. The average molecular weight is 355 g/mol. The first-order valence-electron chi connectivity index (χ1n) is 8.82. The van der Waals surface area contributed by atoms with E-state index in [0.29, 0.717) is 32.5 Å². The summed E-state index contributed by atoms with van der Waals surface area (Å²) in [6.07, 6.45) is 0.874. The molecule has 25 heavy (non-hydrogen) atoms. The summed E-state index contributed by atoms with van der Waals surface area (Å²) in [5.74, 6) is 0.0436. The van der Waals surface area contributed by atoms with Gasteiger partial charge in [-0.15, -0.1) is 0 Å². The second-order valence-corrected chi connectivity index (χ2v) is 8.49. The van der Waals surface area contributed by atoms with Crippen LogP contribution in [0.3, 0.4) is 0 Å². The van der Waals surface area contributed by atoms with E-state index in [-0.39, 0.29) is 17.7 Å². The Hall–Kier alpha value is -1.79. The van der Waals surface area contributed by atoms with Crippen LogP contribution < -0.4 is 5.32 Å². The van der Waals surface area contributed by atoms with Gasteiger partial charge in [-0.3, -0.25) is 9.59 Å². The molecule has 1 saturated heterocycles. The molecule has 0 saturated carbocycles. The molecule has 0 aromatic heterocycles. The van der Waals surface area contributed by atoms with Crippen molar-refractivity contribution in [3.63, 3.8) is 0 Å². The van der Waals surface area contributed by atoms with E-state index >= 15 is 0 Å². The molecule has 0 bridgehead atoms. The fourth-order valence-electron chi connectivity index (χ4n) is 3.04. The van der Waals surface area contributed by atoms with Crippen LogP contribution in [0.5, 0.6) is 0 Å². The van der Waals surface area contributed by atoms with Gasteiger partial charge in [0.2, 0.25) is 11.8 Å². The number of alkyl carbamates (subject to hydrolysis) is 1. The Bertz CT molecular complexity index is 503. The molecule has 0 atom stereocenters. The van der Waals surface area contributed by atoms with E-state index in [2.05, 4.69) is 5.32 Å². The Morgan fingerprint density at radius 2 is 1.64 bits per heavy atom. The van der Waals surface area contributed by atoms with Crippen LogP contribution >= 0.6 is 0 Å². The van der Waals surface area contributed by atoms with Crippen LogP contribution in [0, 0.1) is 5.92 Å². The third-order valence-corrected chi connectivity index (χ3v) is 4.14. The number of likely N-dealkylation sites (tertiary alicyclic amines) is 1. The highest BCUT2D eigenvalue weighted by Crippen LogP contribution is 2.20. The van der Waals surface area contributed by atoms with Gasteiger partial charge in [-0.2, -0.15) is 0 Å². The van der Waals surface area contributed by atoms with Crippen molar-refractivity contribution in [1.29, 1.82) is 0 Å². The maximum atomic E-state index is 12.6. The van der Waals surface area contributed by atoms with Crippen molar-refractivity contribution in [1.82, 2.24) is 15.1 Å². The molecular formula is C18H33N3O4. The van der Waals surface area contributed by atoms with Gasteiger partial charge in [0, 0.05) is 39.5 Å². The molecule has 0 radical (unpaired) electrons. The zero-order valence-electron chi connectivity index (χ0n) is 16.6. The predicted octanol–water partition coefficient (Wildman–Crippen LogP) is 2.01. The smallest absolute Gasteiger partial charge is 0.408 e. The zero-order chi connectivity index (χ0) is 19.4. The summed E-state index contributed by atoms with van der Waals surface area (Å²) < 4.78 is 5.28. The molecule has 1 fully saturated rings. The first-order valence-corrected chi connectivity index (χ1v) is 8.82. The molecule has 7 nitrogen and oxygen atoms in total. The highest BCUT2D eigenvalue weighted by Gasteiger charge is 2.32. The highest BCUT2D eigenvalue weighted by molar-refractivity contribution is 5.79. The first-order chi connectivity index (χ1) is 11.3. The number of nitrogens with one attached hydrogen (secondary N) is 1. The molecule has 1 aliphatic rings. The van der Waals surface area contributed by atoms with E-state index in [0.717, 1.165) is 0 Å².